The van der Waals surface area contributed by atoms with Crippen LogP contribution in [0.1, 0.15) is 12.8 Å². The summed E-state index contributed by atoms with van der Waals surface area (Å²) in [5, 5.41) is 2.98. The monoisotopic (exact) mass is 432 g/mol. The second-order valence-corrected chi connectivity index (χ2v) is 8.25. The quantitative estimate of drug-likeness (QED) is 0.688. The maximum atomic E-state index is 13.4. The van der Waals surface area contributed by atoms with Crippen molar-refractivity contribution in [3.05, 3.63) is 53.1 Å². The van der Waals surface area contributed by atoms with Crippen molar-refractivity contribution in [1.82, 2.24) is 0 Å². The van der Waals surface area contributed by atoms with E-state index in [0.29, 0.717) is 16.5 Å². The Balaban J connectivity index is 1.99. The predicted octanol–water partition coefficient (Wildman–Crippen LogP) is 3.81. The molecule has 0 radical (unpaired) electrons. The molecule has 0 atom stereocenters. The van der Waals surface area contributed by atoms with Crippen molar-refractivity contribution in [3.8, 4) is 5.75 Å². The fourth-order valence-electron chi connectivity index (χ4n) is 2.48. The molecule has 0 aliphatic carbocycles. The fraction of sp³-hybridized carbons (Fsp3) is 0.278. The molecule has 2 aromatic rings. The van der Waals surface area contributed by atoms with Gasteiger partial charge in [0, 0.05) is 24.7 Å². The van der Waals surface area contributed by atoms with E-state index in [9.17, 15) is 22.0 Å². The van der Waals surface area contributed by atoms with E-state index >= 15 is 0 Å². The molecule has 2 aromatic carbocycles. The van der Waals surface area contributed by atoms with E-state index < -0.39 is 21.7 Å². The van der Waals surface area contributed by atoms with Crippen LogP contribution in [-0.2, 0) is 14.8 Å². The van der Waals surface area contributed by atoms with Crippen LogP contribution in [0.4, 0.5) is 20.2 Å². The second-order valence-electron chi connectivity index (χ2n) is 5.93. The first-order valence-corrected chi connectivity index (χ1v) is 10.4. The third-order valence-corrected chi connectivity index (χ3v) is 5.28. The summed E-state index contributed by atoms with van der Waals surface area (Å²) in [6, 6.07) is 7.57. The lowest BCUT2D eigenvalue weighted by atomic mass is 10.2. The number of hydrogen-bond donors (Lipinski definition) is 1. The van der Waals surface area contributed by atoms with E-state index in [1.54, 1.807) is 12.1 Å². The number of sulfonamides is 1. The van der Waals surface area contributed by atoms with Crippen LogP contribution in [-0.4, -0.2) is 34.2 Å². The van der Waals surface area contributed by atoms with Gasteiger partial charge in [-0.15, -0.1) is 0 Å². The van der Waals surface area contributed by atoms with Gasteiger partial charge in [0.25, 0.3) is 0 Å². The number of amides is 1. The molecule has 1 N–H and O–H groups in total. The Morgan fingerprint density at radius 3 is 2.46 bits per heavy atom. The summed E-state index contributed by atoms with van der Waals surface area (Å²) in [6.45, 7) is -0.0688. The lowest BCUT2D eigenvalue weighted by Gasteiger charge is -2.22. The number of halogens is 3. The maximum absolute atomic E-state index is 13.4. The molecule has 0 heterocycles. The van der Waals surface area contributed by atoms with Crippen molar-refractivity contribution in [2.24, 2.45) is 0 Å². The molecule has 10 heteroatoms. The molecule has 0 unspecified atom stereocenters. The van der Waals surface area contributed by atoms with Gasteiger partial charge in [-0.1, -0.05) is 11.6 Å². The maximum Gasteiger partial charge on any atom is 0.232 e. The topological polar surface area (TPSA) is 75.7 Å². The lowest BCUT2D eigenvalue weighted by molar-refractivity contribution is -0.116. The Kier molecular flexibility index (Phi) is 7.20. The first-order chi connectivity index (χ1) is 13.1. The van der Waals surface area contributed by atoms with Crippen molar-refractivity contribution in [3.63, 3.8) is 0 Å². The Hall–Kier alpha value is -2.39. The summed E-state index contributed by atoms with van der Waals surface area (Å²) < 4.78 is 56.4. The van der Waals surface area contributed by atoms with Crippen LogP contribution in [0.15, 0.2) is 36.4 Å². The standard InChI is InChI=1S/C18H19ClF2N2O4S/c1-27-17-8-5-12(10-14(17)19)22-18(24)4-3-9-23(28(2,25)26)13-6-7-15(20)16(21)11-13/h5-8,10-11H,3-4,9H2,1-2H3,(H,22,24). The number of rotatable bonds is 8. The molecule has 2 rings (SSSR count). The number of carbonyl (C=O) groups excluding carboxylic acids is 1. The Bertz CT molecular complexity index is 970. The minimum Gasteiger partial charge on any atom is -0.495 e. The zero-order chi connectivity index (χ0) is 20.9. The molecule has 0 fully saturated rings. The third-order valence-electron chi connectivity index (χ3n) is 3.79. The molecule has 152 valence electrons. The van der Waals surface area contributed by atoms with Gasteiger partial charge in [-0.25, -0.2) is 17.2 Å². The summed E-state index contributed by atoms with van der Waals surface area (Å²) in [5.74, 6) is -2.11. The minimum absolute atomic E-state index is 0.0104. The van der Waals surface area contributed by atoms with Crippen molar-refractivity contribution < 1.29 is 26.7 Å². The molecule has 0 spiro atoms. The van der Waals surface area contributed by atoms with Crippen LogP contribution < -0.4 is 14.4 Å². The van der Waals surface area contributed by atoms with Crippen LogP contribution in [0.25, 0.3) is 0 Å². The van der Waals surface area contributed by atoms with E-state index in [1.165, 1.54) is 19.2 Å². The highest BCUT2D eigenvalue weighted by Crippen LogP contribution is 2.27. The van der Waals surface area contributed by atoms with Gasteiger partial charge in [-0.2, -0.15) is 0 Å². The molecule has 0 bridgehead atoms. The summed E-state index contributed by atoms with van der Waals surface area (Å²) in [6.07, 6.45) is 1.13. The van der Waals surface area contributed by atoms with E-state index in [2.05, 4.69) is 5.32 Å². The molecule has 0 aliphatic heterocycles. The number of carbonyl (C=O) groups is 1. The molecular formula is C18H19ClF2N2O4S. The van der Waals surface area contributed by atoms with Gasteiger partial charge in [0.2, 0.25) is 15.9 Å². The van der Waals surface area contributed by atoms with Crippen molar-refractivity contribution in [2.75, 3.05) is 29.5 Å². The molecule has 6 nitrogen and oxygen atoms in total. The van der Waals surface area contributed by atoms with Gasteiger partial charge in [0.05, 0.1) is 24.1 Å². The number of nitrogens with zero attached hydrogens (tertiary/aromatic N) is 1. The average molecular weight is 433 g/mol. The zero-order valence-corrected chi connectivity index (χ0v) is 16.8. The Morgan fingerprint density at radius 1 is 1.18 bits per heavy atom. The van der Waals surface area contributed by atoms with E-state index in [0.717, 1.165) is 22.7 Å². The van der Waals surface area contributed by atoms with Crippen LogP contribution in [0.3, 0.4) is 0 Å². The summed E-state index contributed by atoms with van der Waals surface area (Å²) in [4.78, 5) is 12.1. The normalized spacial score (nSPS) is 11.2. The largest absolute Gasteiger partial charge is 0.495 e. The summed E-state index contributed by atoms with van der Waals surface area (Å²) in [7, 11) is -2.26. The van der Waals surface area contributed by atoms with Crippen LogP contribution in [0, 0.1) is 11.6 Å². The molecular weight excluding hydrogens is 414 g/mol. The molecule has 0 saturated carbocycles. The molecule has 1 amide bonds. The Morgan fingerprint density at radius 2 is 1.89 bits per heavy atom. The van der Waals surface area contributed by atoms with Crippen LogP contribution in [0.2, 0.25) is 5.02 Å². The number of ether oxygens (including phenoxy) is 1. The van der Waals surface area contributed by atoms with E-state index in [4.69, 9.17) is 16.3 Å². The fourth-order valence-corrected chi connectivity index (χ4v) is 3.69. The highest BCUT2D eigenvalue weighted by Gasteiger charge is 2.19. The molecule has 0 saturated heterocycles. The zero-order valence-electron chi connectivity index (χ0n) is 15.2. The molecule has 28 heavy (non-hydrogen) atoms. The predicted molar refractivity (Wildman–Crippen MR) is 104 cm³/mol. The van der Waals surface area contributed by atoms with Crippen LogP contribution in [0.5, 0.6) is 5.75 Å². The number of benzene rings is 2. The SMILES string of the molecule is COc1ccc(NC(=O)CCCN(c2ccc(F)c(F)c2)S(C)(=O)=O)cc1Cl. The number of nitrogens with one attached hydrogen (secondary N) is 1. The van der Waals surface area contributed by atoms with Gasteiger partial charge in [-0.3, -0.25) is 9.10 Å². The third kappa shape index (κ3) is 5.80. The number of hydrogen-bond acceptors (Lipinski definition) is 4. The summed E-state index contributed by atoms with van der Waals surface area (Å²) >= 11 is 5.99. The van der Waals surface area contributed by atoms with Gasteiger partial charge < -0.3 is 10.1 Å². The minimum atomic E-state index is -3.74. The smallest absolute Gasteiger partial charge is 0.232 e. The highest BCUT2D eigenvalue weighted by molar-refractivity contribution is 7.92. The summed E-state index contributed by atoms with van der Waals surface area (Å²) in [5.41, 5.74) is 0.458. The van der Waals surface area contributed by atoms with Gasteiger partial charge >= 0.3 is 0 Å². The van der Waals surface area contributed by atoms with Crippen LogP contribution >= 0.6 is 11.6 Å². The first-order valence-electron chi connectivity index (χ1n) is 8.18. The van der Waals surface area contributed by atoms with Gasteiger partial charge in [0.1, 0.15) is 5.75 Å². The first kappa shape index (κ1) is 21.9. The van der Waals surface area contributed by atoms with Gasteiger partial charge in [-0.05, 0) is 36.8 Å². The lowest BCUT2D eigenvalue weighted by Crippen LogP contribution is -2.31. The second kappa shape index (κ2) is 9.20. The van der Waals surface area contributed by atoms with Gasteiger partial charge in [0.15, 0.2) is 11.6 Å². The average Bonchev–Trinajstić information content (AvgIpc) is 2.60. The van der Waals surface area contributed by atoms with Crippen molar-refractivity contribution in [1.29, 1.82) is 0 Å². The van der Waals surface area contributed by atoms with E-state index in [-0.39, 0.29) is 31.0 Å². The number of anilines is 2. The molecule has 0 aromatic heterocycles. The van der Waals surface area contributed by atoms with E-state index in [1.807, 2.05) is 0 Å². The molecule has 0 aliphatic rings. The van der Waals surface area contributed by atoms with Crippen molar-refractivity contribution >= 4 is 38.9 Å². The highest BCUT2D eigenvalue weighted by atomic mass is 35.5. The van der Waals surface area contributed by atoms with Crippen molar-refractivity contribution in [2.45, 2.75) is 12.8 Å². The number of methoxy groups -OCH3 is 1. The Labute approximate surface area is 167 Å².